The highest BCUT2D eigenvalue weighted by Gasteiger charge is 2.28. The monoisotopic (exact) mass is 574 g/mol. The Labute approximate surface area is 241 Å². The highest BCUT2D eigenvalue weighted by atomic mass is 32.2. The Morgan fingerprint density at radius 2 is 1.85 bits per heavy atom. The molecule has 41 heavy (non-hydrogen) atoms. The van der Waals surface area contributed by atoms with Crippen LogP contribution in [0, 0.1) is 12.7 Å². The van der Waals surface area contributed by atoms with Crippen LogP contribution in [0.2, 0.25) is 0 Å². The number of aromatic nitrogens is 2. The van der Waals surface area contributed by atoms with E-state index in [0.717, 1.165) is 40.9 Å². The van der Waals surface area contributed by atoms with Crippen LogP contribution in [-0.2, 0) is 34.8 Å². The smallest absolute Gasteiger partial charge is 0.241 e. The molecule has 0 fully saturated rings. The van der Waals surface area contributed by atoms with E-state index in [4.69, 9.17) is 0 Å². The van der Waals surface area contributed by atoms with E-state index in [1.54, 1.807) is 47.5 Å². The van der Waals surface area contributed by atoms with Gasteiger partial charge in [0.15, 0.2) is 0 Å². The quantitative estimate of drug-likeness (QED) is 0.268. The van der Waals surface area contributed by atoms with Crippen LogP contribution in [0.25, 0.3) is 0 Å². The van der Waals surface area contributed by atoms with Crippen LogP contribution in [0.4, 0.5) is 10.1 Å². The summed E-state index contributed by atoms with van der Waals surface area (Å²) in [4.78, 5) is 20.2. The van der Waals surface area contributed by atoms with Crippen molar-refractivity contribution in [3.05, 3.63) is 113 Å². The third-order valence-corrected chi connectivity index (χ3v) is 9.31. The van der Waals surface area contributed by atoms with E-state index in [-0.39, 0.29) is 35.5 Å². The van der Waals surface area contributed by atoms with Crippen molar-refractivity contribution < 1.29 is 17.6 Å². The minimum Gasteiger partial charge on any atom is -0.337 e. The zero-order valence-electron chi connectivity index (χ0n) is 23.5. The highest BCUT2D eigenvalue weighted by Crippen LogP contribution is 2.35. The molecule has 214 valence electrons. The van der Waals surface area contributed by atoms with Gasteiger partial charge in [-0.2, -0.15) is 0 Å². The fourth-order valence-electron chi connectivity index (χ4n) is 5.34. The number of benzene rings is 3. The first-order valence-corrected chi connectivity index (χ1v) is 15.3. The minimum atomic E-state index is -3.74. The SMILES string of the molecule is Cc1ccc(S(=O)(=O)N[C@@H]2CCCc3ccc(N(Cc4nccn4C)C(=O)C[C@@H](C)c4ccc(F)cc4)cc32)cc1. The molecular formula is C32H35FN4O3S. The summed E-state index contributed by atoms with van der Waals surface area (Å²) < 4.78 is 44.8. The Balaban J connectivity index is 1.45. The molecule has 0 bridgehead atoms. The number of sulfonamides is 1. The van der Waals surface area contributed by atoms with Gasteiger partial charge in [0.2, 0.25) is 15.9 Å². The van der Waals surface area contributed by atoms with Crippen molar-refractivity contribution in [3.8, 4) is 0 Å². The summed E-state index contributed by atoms with van der Waals surface area (Å²) in [6.45, 7) is 4.13. The fourth-order valence-corrected chi connectivity index (χ4v) is 6.59. The van der Waals surface area contributed by atoms with Gasteiger partial charge in [0, 0.05) is 37.6 Å². The number of anilines is 1. The Morgan fingerprint density at radius 3 is 2.54 bits per heavy atom. The maximum absolute atomic E-state index is 13.8. The highest BCUT2D eigenvalue weighted by molar-refractivity contribution is 7.89. The van der Waals surface area contributed by atoms with Crippen LogP contribution in [0.15, 0.2) is 84.0 Å². The lowest BCUT2D eigenvalue weighted by molar-refractivity contribution is -0.119. The summed E-state index contributed by atoms with van der Waals surface area (Å²) in [7, 11) is -1.85. The number of fused-ring (bicyclic) bond motifs is 1. The van der Waals surface area contributed by atoms with Crippen LogP contribution < -0.4 is 9.62 Å². The minimum absolute atomic E-state index is 0.0997. The van der Waals surface area contributed by atoms with Gasteiger partial charge in [0.1, 0.15) is 11.6 Å². The zero-order valence-corrected chi connectivity index (χ0v) is 24.4. The molecular weight excluding hydrogens is 539 g/mol. The number of amides is 1. The van der Waals surface area contributed by atoms with Crippen molar-refractivity contribution >= 4 is 21.6 Å². The molecule has 5 rings (SSSR count). The number of carbonyl (C=O) groups excluding carboxylic acids is 1. The molecule has 2 atom stereocenters. The molecule has 0 saturated heterocycles. The van der Waals surface area contributed by atoms with Crippen molar-refractivity contribution in [1.29, 1.82) is 0 Å². The summed E-state index contributed by atoms with van der Waals surface area (Å²) in [5.41, 5.74) is 4.51. The van der Waals surface area contributed by atoms with E-state index in [0.29, 0.717) is 12.1 Å². The van der Waals surface area contributed by atoms with Gasteiger partial charge in [-0.15, -0.1) is 0 Å². The summed E-state index contributed by atoms with van der Waals surface area (Å²) >= 11 is 0. The molecule has 0 radical (unpaired) electrons. The van der Waals surface area contributed by atoms with Crippen molar-refractivity contribution in [2.45, 2.75) is 62.9 Å². The van der Waals surface area contributed by atoms with Gasteiger partial charge in [-0.25, -0.2) is 22.5 Å². The molecule has 1 heterocycles. The molecule has 1 N–H and O–H groups in total. The first-order valence-electron chi connectivity index (χ1n) is 13.8. The Morgan fingerprint density at radius 1 is 1.12 bits per heavy atom. The van der Waals surface area contributed by atoms with Crippen molar-refractivity contribution in [2.75, 3.05) is 4.90 Å². The second kappa shape index (κ2) is 12.0. The predicted molar refractivity (Wildman–Crippen MR) is 157 cm³/mol. The molecule has 1 aliphatic carbocycles. The lowest BCUT2D eigenvalue weighted by Crippen LogP contribution is -2.34. The molecule has 0 saturated carbocycles. The number of nitrogens with one attached hydrogen (secondary N) is 1. The van der Waals surface area contributed by atoms with E-state index in [1.165, 1.54) is 12.1 Å². The largest absolute Gasteiger partial charge is 0.337 e. The van der Waals surface area contributed by atoms with Crippen LogP contribution in [-0.4, -0.2) is 23.9 Å². The van der Waals surface area contributed by atoms with E-state index >= 15 is 0 Å². The summed E-state index contributed by atoms with van der Waals surface area (Å²) in [5, 5.41) is 0. The maximum atomic E-state index is 13.8. The second-order valence-corrected chi connectivity index (χ2v) is 12.6. The zero-order chi connectivity index (χ0) is 29.1. The fraction of sp³-hybridized carbons (Fsp3) is 0.312. The molecule has 0 unspecified atom stereocenters. The number of carbonyl (C=O) groups is 1. The third-order valence-electron chi connectivity index (χ3n) is 7.83. The number of hydrogen-bond acceptors (Lipinski definition) is 4. The number of rotatable bonds is 9. The second-order valence-electron chi connectivity index (χ2n) is 10.9. The first-order chi connectivity index (χ1) is 19.6. The van der Waals surface area contributed by atoms with Crippen LogP contribution in [0.3, 0.4) is 0 Å². The van der Waals surface area contributed by atoms with Gasteiger partial charge in [-0.3, -0.25) is 4.79 Å². The van der Waals surface area contributed by atoms with Gasteiger partial charge < -0.3 is 9.47 Å². The standard InChI is InChI=1S/C32H35FN4O3S/c1-22-7-15-28(16-8-22)41(39,40)35-30-6-4-5-25-11-14-27(20-29(25)30)37(21-31-34-17-18-36(31)3)32(38)19-23(2)24-9-12-26(33)13-10-24/h7-18,20,23,30,35H,4-6,19,21H2,1-3H3/t23-,30-/m1/s1. The Bertz CT molecular complexity index is 1630. The van der Waals surface area contributed by atoms with E-state index in [9.17, 15) is 17.6 Å². The number of aryl methyl sites for hydroxylation is 3. The van der Waals surface area contributed by atoms with Crippen LogP contribution >= 0.6 is 0 Å². The molecule has 4 aromatic rings. The molecule has 7 nitrogen and oxygen atoms in total. The first kappa shape index (κ1) is 28.7. The van der Waals surface area contributed by atoms with E-state index in [2.05, 4.69) is 9.71 Å². The van der Waals surface area contributed by atoms with Crippen LogP contribution in [0.1, 0.15) is 66.2 Å². The third kappa shape index (κ3) is 6.57. The summed E-state index contributed by atoms with van der Waals surface area (Å²) in [5.74, 6) is 0.184. The topological polar surface area (TPSA) is 84.3 Å². The molecule has 9 heteroatoms. The van der Waals surface area contributed by atoms with Crippen molar-refractivity contribution in [3.63, 3.8) is 0 Å². The average molecular weight is 575 g/mol. The average Bonchev–Trinajstić information content (AvgIpc) is 3.36. The number of imidazole rings is 1. The van der Waals surface area contributed by atoms with Crippen molar-refractivity contribution in [1.82, 2.24) is 14.3 Å². The van der Waals surface area contributed by atoms with E-state index < -0.39 is 16.1 Å². The molecule has 1 aliphatic rings. The molecule has 1 aromatic heterocycles. The van der Waals surface area contributed by atoms with Gasteiger partial charge >= 0.3 is 0 Å². The maximum Gasteiger partial charge on any atom is 0.241 e. The Hall–Kier alpha value is -3.82. The summed E-state index contributed by atoms with van der Waals surface area (Å²) in [6.07, 6.45) is 6.11. The normalized spacial score (nSPS) is 15.8. The van der Waals surface area contributed by atoms with Gasteiger partial charge in [-0.1, -0.05) is 42.8 Å². The predicted octanol–water partition coefficient (Wildman–Crippen LogP) is 5.95. The molecule has 0 aliphatic heterocycles. The van der Waals surface area contributed by atoms with Gasteiger partial charge in [0.05, 0.1) is 11.4 Å². The lowest BCUT2D eigenvalue weighted by atomic mass is 9.87. The number of halogens is 1. The van der Waals surface area contributed by atoms with Crippen LogP contribution in [0.5, 0.6) is 0 Å². The Kier molecular flexibility index (Phi) is 8.37. The number of nitrogens with zero attached hydrogens (tertiary/aromatic N) is 3. The van der Waals surface area contributed by atoms with E-state index in [1.807, 2.05) is 49.9 Å². The van der Waals surface area contributed by atoms with Gasteiger partial charge in [0.25, 0.3) is 0 Å². The van der Waals surface area contributed by atoms with Gasteiger partial charge in [-0.05, 0) is 85.2 Å². The number of hydrogen-bond donors (Lipinski definition) is 1. The van der Waals surface area contributed by atoms with Crippen molar-refractivity contribution in [2.24, 2.45) is 7.05 Å². The molecule has 3 aromatic carbocycles. The lowest BCUT2D eigenvalue weighted by Gasteiger charge is -2.30. The summed E-state index contributed by atoms with van der Waals surface area (Å²) in [6, 6.07) is 18.5. The molecule has 0 spiro atoms. The molecule has 1 amide bonds.